The highest BCUT2D eigenvalue weighted by atomic mass is 16.5. The summed E-state index contributed by atoms with van der Waals surface area (Å²) in [4.78, 5) is 0. The second kappa shape index (κ2) is 8.40. The van der Waals surface area contributed by atoms with Gasteiger partial charge in [0.25, 0.3) is 0 Å². The first-order valence-electron chi connectivity index (χ1n) is 4.29. The lowest BCUT2D eigenvalue weighted by Gasteiger charge is -2.13. The largest absolute Gasteiger partial charge is 0.394 e. The van der Waals surface area contributed by atoms with Gasteiger partial charge in [0.1, 0.15) is 6.10 Å². The number of aliphatic hydroxyl groups is 3. The van der Waals surface area contributed by atoms with Crippen LogP contribution in [-0.4, -0.2) is 60.6 Å². The third-order valence-electron chi connectivity index (χ3n) is 1.37. The Morgan fingerprint density at radius 2 is 1.92 bits per heavy atom. The predicted octanol–water partition coefficient (Wildman–Crippen LogP) is -1.25. The minimum absolute atomic E-state index is 0.0103. The minimum atomic E-state index is -0.829. The van der Waals surface area contributed by atoms with Crippen molar-refractivity contribution in [3.63, 3.8) is 0 Å². The van der Waals surface area contributed by atoms with E-state index in [2.05, 4.69) is 0 Å². The molecule has 0 amide bonds. The fraction of sp³-hybridized carbons (Fsp3) is 1.00. The van der Waals surface area contributed by atoms with Crippen molar-refractivity contribution in [1.82, 2.24) is 0 Å². The highest BCUT2D eigenvalue weighted by Gasteiger charge is 2.05. The molecule has 5 nitrogen and oxygen atoms in total. The number of rotatable bonds is 8. The molecule has 0 saturated heterocycles. The molecule has 0 aliphatic carbocycles. The molecule has 0 aromatic rings. The number of hydrogen-bond acceptors (Lipinski definition) is 5. The standard InChI is InChI=1S/C8H18O5/c1-7(13-3-2-9)5-12-6-8(11)4-10/h7-11H,2-6H2,1H3. The van der Waals surface area contributed by atoms with Crippen molar-refractivity contribution in [2.75, 3.05) is 33.0 Å². The predicted molar refractivity (Wildman–Crippen MR) is 46.4 cm³/mol. The Morgan fingerprint density at radius 3 is 2.46 bits per heavy atom. The molecule has 0 aromatic carbocycles. The van der Waals surface area contributed by atoms with Gasteiger partial charge in [0, 0.05) is 0 Å². The Kier molecular flexibility index (Phi) is 8.27. The van der Waals surface area contributed by atoms with Gasteiger partial charge >= 0.3 is 0 Å². The molecule has 0 saturated carbocycles. The SMILES string of the molecule is CC(COCC(O)CO)OCCO. The third kappa shape index (κ3) is 8.14. The van der Waals surface area contributed by atoms with Crippen LogP contribution >= 0.6 is 0 Å². The van der Waals surface area contributed by atoms with Crippen LogP contribution in [0.5, 0.6) is 0 Å². The molecule has 0 heterocycles. The first-order valence-corrected chi connectivity index (χ1v) is 4.29. The molecule has 2 unspecified atom stereocenters. The average molecular weight is 194 g/mol. The zero-order valence-corrected chi connectivity index (χ0v) is 7.85. The Labute approximate surface area is 77.9 Å². The van der Waals surface area contributed by atoms with E-state index in [1.807, 2.05) is 0 Å². The van der Waals surface area contributed by atoms with Crippen molar-refractivity contribution in [3.05, 3.63) is 0 Å². The summed E-state index contributed by atoms with van der Waals surface area (Å²) in [5, 5.41) is 25.8. The molecular weight excluding hydrogens is 176 g/mol. The van der Waals surface area contributed by atoms with Crippen LogP contribution in [0.4, 0.5) is 0 Å². The van der Waals surface area contributed by atoms with E-state index in [4.69, 9.17) is 24.8 Å². The van der Waals surface area contributed by atoms with Crippen molar-refractivity contribution in [2.45, 2.75) is 19.1 Å². The molecule has 0 fully saturated rings. The zero-order valence-electron chi connectivity index (χ0n) is 7.85. The lowest BCUT2D eigenvalue weighted by atomic mass is 10.4. The topological polar surface area (TPSA) is 79.2 Å². The maximum atomic E-state index is 8.89. The van der Waals surface area contributed by atoms with Gasteiger partial charge in [-0.15, -0.1) is 0 Å². The van der Waals surface area contributed by atoms with E-state index in [0.29, 0.717) is 6.61 Å². The van der Waals surface area contributed by atoms with Crippen LogP contribution in [0.15, 0.2) is 0 Å². The molecule has 13 heavy (non-hydrogen) atoms. The van der Waals surface area contributed by atoms with E-state index in [0.717, 1.165) is 0 Å². The van der Waals surface area contributed by atoms with Crippen LogP contribution in [0.3, 0.4) is 0 Å². The lowest BCUT2D eigenvalue weighted by molar-refractivity contribution is -0.0475. The molecule has 0 bridgehead atoms. The van der Waals surface area contributed by atoms with Gasteiger partial charge in [-0.2, -0.15) is 0 Å². The molecule has 80 valence electrons. The summed E-state index contributed by atoms with van der Waals surface area (Å²) in [6, 6.07) is 0. The monoisotopic (exact) mass is 194 g/mol. The number of aliphatic hydroxyl groups excluding tert-OH is 3. The quantitative estimate of drug-likeness (QED) is 0.450. The summed E-state index contributed by atoms with van der Waals surface area (Å²) in [7, 11) is 0. The van der Waals surface area contributed by atoms with Crippen molar-refractivity contribution in [2.24, 2.45) is 0 Å². The van der Waals surface area contributed by atoms with Crippen LogP contribution in [0.25, 0.3) is 0 Å². The Morgan fingerprint density at radius 1 is 1.23 bits per heavy atom. The van der Waals surface area contributed by atoms with Crippen molar-refractivity contribution < 1.29 is 24.8 Å². The molecule has 0 radical (unpaired) electrons. The van der Waals surface area contributed by atoms with E-state index >= 15 is 0 Å². The molecule has 0 aliphatic rings. The average Bonchev–Trinajstić information content (AvgIpc) is 2.14. The van der Waals surface area contributed by atoms with E-state index in [1.165, 1.54) is 0 Å². The van der Waals surface area contributed by atoms with Crippen LogP contribution in [0.2, 0.25) is 0 Å². The Hall–Kier alpha value is -0.200. The molecule has 0 rings (SSSR count). The maximum absolute atomic E-state index is 8.89. The first kappa shape index (κ1) is 12.8. The zero-order chi connectivity index (χ0) is 10.1. The summed E-state index contributed by atoms with van der Waals surface area (Å²) in [5.74, 6) is 0. The number of ether oxygens (including phenoxy) is 2. The lowest BCUT2D eigenvalue weighted by Crippen LogP contribution is -2.24. The van der Waals surface area contributed by atoms with Gasteiger partial charge in [0.2, 0.25) is 0 Å². The van der Waals surface area contributed by atoms with E-state index in [-0.39, 0.29) is 32.5 Å². The van der Waals surface area contributed by atoms with E-state index in [1.54, 1.807) is 6.92 Å². The molecular formula is C8H18O5. The normalized spacial score (nSPS) is 15.7. The van der Waals surface area contributed by atoms with Crippen LogP contribution in [-0.2, 0) is 9.47 Å². The smallest absolute Gasteiger partial charge is 0.100 e. The highest BCUT2D eigenvalue weighted by Crippen LogP contribution is 1.92. The fourth-order valence-electron chi connectivity index (χ4n) is 0.725. The van der Waals surface area contributed by atoms with Crippen LogP contribution < -0.4 is 0 Å². The molecule has 2 atom stereocenters. The van der Waals surface area contributed by atoms with Crippen molar-refractivity contribution in [3.8, 4) is 0 Å². The van der Waals surface area contributed by atoms with Gasteiger partial charge in [-0.05, 0) is 6.92 Å². The molecule has 0 aromatic heterocycles. The summed E-state index contributed by atoms with van der Waals surface area (Å²) in [6.45, 7) is 2.23. The van der Waals surface area contributed by atoms with Gasteiger partial charge < -0.3 is 24.8 Å². The first-order chi connectivity index (χ1) is 6.20. The van der Waals surface area contributed by atoms with Gasteiger partial charge in [0.15, 0.2) is 0 Å². The maximum Gasteiger partial charge on any atom is 0.100 e. The van der Waals surface area contributed by atoms with Crippen LogP contribution in [0, 0.1) is 0 Å². The van der Waals surface area contributed by atoms with Gasteiger partial charge in [0.05, 0.1) is 39.1 Å². The minimum Gasteiger partial charge on any atom is -0.394 e. The number of hydrogen-bond donors (Lipinski definition) is 3. The summed E-state index contributed by atoms with van der Waals surface area (Å²) < 4.78 is 10.1. The molecule has 3 N–H and O–H groups in total. The third-order valence-corrected chi connectivity index (χ3v) is 1.37. The highest BCUT2D eigenvalue weighted by molar-refractivity contribution is 4.52. The van der Waals surface area contributed by atoms with Crippen molar-refractivity contribution >= 4 is 0 Å². The van der Waals surface area contributed by atoms with Crippen molar-refractivity contribution in [1.29, 1.82) is 0 Å². The summed E-state index contributed by atoms with van der Waals surface area (Å²) >= 11 is 0. The second-order valence-corrected chi connectivity index (χ2v) is 2.78. The van der Waals surface area contributed by atoms with Gasteiger partial charge in [-0.3, -0.25) is 0 Å². The van der Waals surface area contributed by atoms with E-state index < -0.39 is 6.10 Å². The fourth-order valence-corrected chi connectivity index (χ4v) is 0.725. The summed E-state index contributed by atoms with van der Waals surface area (Å²) in [6.07, 6.45) is -0.942. The molecule has 0 spiro atoms. The Balaban J connectivity index is 3.21. The van der Waals surface area contributed by atoms with Crippen LogP contribution in [0.1, 0.15) is 6.92 Å². The molecule has 5 heteroatoms. The van der Waals surface area contributed by atoms with Gasteiger partial charge in [-0.1, -0.05) is 0 Å². The van der Waals surface area contributed by atoms with E-state index in [9.17, 15) is 0 Å². The molecule has 0 aliphatic heterocycles. The summed E-state index contributed by atoms with van der Waals surface area (Å²) in [5.41, 5.74) is 0. The second-order valence-electron chi connectivity index (χ2n) is 2.78. The Bertz CT molecular complexity index is 109. The van der Waals surface area contributed by atoms with Gasteiger partial charge in [-0.25, -0.2) is 0 Å².